The minimum atomic E-state index is 0.328. The van der Waals surface area contributed by atoms with Crippen molar-refractivity contribution in [3.05, 3.63) is 35.4 Å². The quantitative estimate of drug-likeness (QED) is 0.884. The zero-order valence-corrected chi connectivity index (χ0v) is 11.0. The van der Waals surface area contributed by atoms with Crippen LogP contribution in [0.5, 0.6) is 0 Å². The van der Waals surface area contributed by atoms with Crippen molar-refractivity contribution in [2.45, 2.75) is 44.1 Å². The van der Waals surface area contributed by atoms with Crippen LogP contribution in [0.3, 0.4) is 0 Å². The molecular weight excluding hydrogens is 222 g/mol. The normalized spacial score (nSPS) is 28.3. The van der Waals surface area contributed by atoms with Gasteiger partial charge in [0.1, 0.15) is 0 Å². The van der Waals surface area contributed by atoms with Gasteiger partial charge in [-0.1, -0.05) is 24.3 Å². The molecule has 0 radical (unpaired) electrons. The molecular formula is C16H23NO. The summed E-state index contributed by atoms with van der Waals surface area (Å²) in [7, 11) is 0. The number of fused-ring (bicyclic) bond motifs is 1. The van der Waals surface area contributed by atoms with Crippen LogP contribution in [0.4, 0.5) is 0 Å². The summed E-state index contributed by atoms with van der Waals surface area (Å²) >= 11 is 0. The van der Waals surface area contributed by atoms with Crippen molar-refractivity contribution >= 4 is 0 Å². The standard InChI is InChI=1S/C16H23NO/c18-12-15-8-4-10-17(15)11-14-7-3-6-13-5-1-2-9-16(13)14/h1-2,5,9,14-15,18H,3-4,6-8,10-12H2/t14?,15-/m1/s1. The molecule has 1 aromatic carbocycles. The zero-order chi connectivity index (χ0) is 12.4. The molecule has 2 atom stereocenters. The molecule has 0 aromatic heterocycles. The Morgan fingerprint density at radius 2 is 2.06 bits per heavy atom. The Labute approximate surface area is 110 Å². The van der Waals surface area contributed by atoms with E-state index in [-0.39, 0.29) is 0 Å². The number of benzene rings is 1. The summed E-state index contributed by atoms with van der Waals surface area (Å²) in [5.74, 6) is 0.682. The minimum Gasteiger partial charge on any atom is -0.395 e. The lowest BCUT2D eigenvalue weighted by Gasteiger charge is -2.31. The molecule has 0 amide bonds. The first-order valence-electron chi connectivity index (χ1n) is 7.31. The van der Waals surface area contributed by atoms with Crippen molar-refractivity contribution in [2.24, 2.45) is 0 Å². The van der Waals surface area contributed by atoms with E-state index in [1.807, 2.05) is 0 Å². The molecule has 1 saturated heterocycles. The van der Waals surface area contributed by atoms with Crippen molar-refractivity contribution in [2.75, 3.05) is 19.7 Å². The Balaban J connectivity index is 1.74. The Morgan fingerprint density at radius 3 is 2.94 bits per heavy atom. The van der Waals surface area contributed by atoms with E-state index in [9.17, 15) is 5.11 Å². The number of rotatable bonds is 3. The summed E-state index contributed by atoms with van der Waals surface area (Å²) in [5, 5.41) is 9.42. The third kappa shape index (κ3) is 2.32. The Bertz CT molecular complexity index is 404. The summed E-state index contributed by atoms with van der Waals surface area (Å²) in [6.45, 7) is 2.64. The van der Waals surface area contributed by atoms with Gasteiger partial charge in [0, 0.05) is 12.6 Å². The molecule has 2 heteroatoms. The molecule has 1 aromatic rings. The van der Waals surface area contributed by atoms with Crippen LogP contribution < -0.4 is 0 Å². The van der Waals surface area contributed by atoms with Gasteiger partial charge in [-0.3, -0.25) is 4.90 Å². The van der Waals surface area contributed by atoms with Crippen LogP contribution in [0.25, 0.3) is 0 Å². The average molecular weight is 245 g/mol. The van der Waals surface area contributed by atoms with Gasteiger partial charge in [0.2, 0.25) is 0 Å². The summed E-state index contributed by atoms with van der Waals surface area (Å²) in [4.78, 5) is 2.51. The lowest BCUT2D eigenvalue weighted by atomic mass is 9.82. The number of hydrogen-bond acceptors (Lipinski definition) is 2. The average Bonchev–Trinajstić information content (AvgIpc) is 2.86. The molecule has 2 aliphatic rings. The van der Waals surface area contributed by atoms with E-state index in [4.69, 9.17) is 0 Å². The van der Waals surface area contributed by atoms with Crippen molar-refractivity contribution in [3.63, 3.8) is 0 Å². The second-order valence-electron chi connectivity index (χ2n) is 5.76. The van der Waals surface area contributed by atoms with Crippen molar-refractivity contribution in [1.82, 2.24) is 4.90 Å². The first-order chi connectivity index (χ1) is 8.88. The number of aliphatic hydroxyl groups is 1. The van der Waals surface area contributed by atoms with Crippen LogP contribution in [0.2, 0.25) is 0 Å². The molecule has 1 fully saturated rings. The van der Waals surface area contributed by atoms with E-state index in [1.165, 1.54) is 38.6 Å². The summed E-state index contributed by atoms with van der Waals surface area (Å²) in [5.41, 5.74) is 3.11. The number of nitrogens with zero attached hydrogens (tertiary/aromatic N) is 1. The fraction of sp³-hybridized carbons (Fsp3) is 0.625. The molecule has 1 unspecified atom stereocenters. The van der Waals surface area contributed by atoms with E-state index >= 15 is 0 Å². The van der Waals surface area contributed by atoms with Gasteiger partial charge >= 0.3 is 0 Å². The van der Waals surface area contributed by atoms with Crippen LogP contribution in [-0.4, -0.2) is 35.7 Å². The Morgan fingerprint density at radius 1 is 1.17 bits per heavy atom. The van der Waals surface area contributed by atoms with Gasteiger partial charge in [-0.25, -0.2) is 0 Å². The van der Waals surface area contributed by atoms with E-state index < -0.39 is 0 Å². The molecule has 1 heterocycles. The highest BCUT2D eigenvalue weighted by atomic mass is 16.3. The molecule has 0 bridgehead atoms. The van der Waals surface area contributed by atoms with Gasteiger partial charge in [-0.2, -0.15) is 0 Å². The molecule has 98 valence electrons. The maximum absolute atomic E-state index is 9.42. The molecule has 1 N–H and O–H groups in total. The Kier molecular flexibility index (Phi) is 3.67. The summed E-state index contributed by atoms with van der Waals surface area (Å²) < 4.78 is 0. The fourth-order valence-electron chi connectivity index (χ4n) is 3.67. The van der Waals surface area contributed by atoms with Crippen molar-refractivity contribution < 1.29 is 5.11 Å². The maximum atomic E-state index is 9.42. The highest BCUT2D eigenvalue weighted by Crippen LogP contribution is 2.33. The van der Waals surface area contributed by atoms with Gasteiger partial charge in [-0.05, 0) is 55.7 Å². The first kappa shape index (κ1) is 12.2. The van der Waals surface area contributed by atoms with Crippen LogP contribution in [0.15, 0.2) is 24.3 Å². The van der Waals surface area contributed by atoms with Gasteiger partial charge in [0.15, 0.2) is 0 Å². The van der Waals surface area contributed by atoms with E-state index in [2.05, 4.69) is 29.2 Å². The second-order valence-corrected chi connectivity index (χ2v) is 5.76. The summed E-state index contributed by atoms with van der Waals surface area (Å²) in [6.07, 6.45) is 6.30. The molecule has 1 aliphatic carbocycles. The monoisotopic (exact) mass is 245 g/mol. The number of aryl methyl sites for hydroxylation is 1. The van der Waals surface area contributed by atoms with Crippen LogP contribution in [-0.2, 0) is 6.42 Å². The number of hydrogen-bond donors (Lipinski definition) is 1. The lowest BCUT2D eigenvalue weighted by Crippen LogP contribution is -2.36. The van der Waals surface area contributed by atoms with Crippen molar-refractivity contribution in [3.8, 4) is 0 Å². The third-order valence-electron chi connectivity index (χ3n) is 4.66. The highest BCUT2D eigenvalue weighted by molar-refractivity contribution is 5.32. The molecule has 0 saturated carbocycles. The maximum Gasteiger partial charge on any atom is 0.0586 e. The van der Waals surface area contributed by atoms with Gasteiger partial charge in [0.05, 0.1) is 6.61 Å². The second kappa shape index (κ2) is 5.41. The van der Waals surface area contributed by atoms with Crippen molar-refractivity contribution in [1.29, 1.82) is 0 Å². The lowest BCUT2D eigenvalue weighted by molar-refractivity contribution is 0.150. The van der Waals surface area contributed by atoms with Gasteiger partial charge < -0.3 is 5.11 Å². The molecule has 2 nitrogen and oxygen atoms in total. The zero-order valence-electron chi connectivity index (χ0n) is 11.0. The van der Waals surface area contributed by atoms with Gasteiger partial charge in [-0.15, -0.1) is 0 Å². The van der Waals surface area contributed by atoms with Crippen LogP contribution in [0.1, 0.15) is 42.7 Å². The smallest absolute Gasteiger partial charge is 0.0586 e. The molecule has 1 aliphatic heterocycles. The Hall–Kier alpha value is -0.860. The summed E-state index contributed by atoms with van der Waals surface area (Å²) in [6, 6.07) is 9.34. The predicted molar refractivity (Wildman–Crippen MR) is 73.8 cm³/mol. The van der Waals surface area contributed by atoms with E-state index in [0.29, 0.717) is 18.6 Å². The predicted octanol–water partition coefficient (Wildman–Crippen LogP) is 2.56. The number of aliphatic hydroxyl groups excluding tert-OH is 1. The molecule has 18 heavy (non-hydrogen) atoms. The topological polar surface area (TPSA) is 23.5 Å². The number of likely N-dealkylation sites (tertiary alicyclic amines) is 1. The van der Waals surface area contributed by atoms with Crippen LogP contribution >= 0.6 is 0 Å². The third-order valence-corrected chi connectivity index (χ3v) is 4.66. The fourth-order valence-corrected chi connectivity index (χ4v) is 3.67. The van der Waals surface area contributed by atoms with Gasteiger partial charge in [0.25, 0.3) is 0 Å². The highest BCUT2D eigenvalue weighted by Gasteiger charge is 2.28. The first-order valence-corrected chi connectivity index (χ1v) is 7.31. The van der Waals surface area contributed by atoms with E-state index in [1.54, 1.807) is 11.1 Å². The molecule has 3 rings (SSSR count). The molecule has 0 spiro atoms. The van der Waals surface area contributed by atoms with Crippen LogP contribution in [0, 0.1) is 0 Å². The van der Waals surface area contributed by atoms with E-state index in [0.717, 1.165) is 6.54 Å². The minimum absolute atomic E-state index is 0.328. The largest absolute Gasteiger partial charge is 0.395 e. The SMILES string of the molecule is OC[C@H]1CCCN1CC1CCCc2ccccc21.